The molecule has 1 aliphatic heterocycles. The number of ether oxygens (including phenoxy) is 1. The fourth-order valence-corrected chi connectivity index (χ4v) is 2.73. The zero-order chi connectivity index (χ0) is 15.3. The van der Waals surface area contributed by atoms with Crippen LogP contribution in [0.4, 0.5) is 0 Å². The molecule has 1 aliphatic rings. The maximum Gasteiger partial charge on any atom is 0.236 e. The van der Waals surface area contributed by atoms with Crippen molar-refractivity contribution in [2.75, 3.05) is 39.9 Å². The van der Waals surface area contributed by atoms with E-state index in [1.54, 1.807) is 11.9 Å². The number of aliphatic hydroxyl groups excluding tert-OH is 1. The first kappa shape index (κ1) is 15.9. The molecule has 1 heterocycles. The quantitative estimate of drug-likeness (QED) is 0.822. The Morgan fingerprint density at radius 1 is 1.48 bits per heavy atom. The summed E-state index contributed by atoms with van der Waals surface area (Å²) in [6, 6.07) is 8.08. The molecule has 0 saturated carbocycles. The molecule has 2 rings (SSSR count). The normalized spacial score (nSPS) is 22.3. The van der Waals surface area contributed by atoms with E-state index in [2.05, 4.69) is 5.32 Å². The Kier molecular flexibility index (Phi) is 5.33. The zero-order valence-electron chi connectivity index (χ0n) is 12.8. The highest BCUT2D eigenvalue weighted by atomic mass is 16.5. The molecule has 0 spiro atoms. The lowest BCUT2D eigenvalue weighted by Gasteiger charge is -2.42. The number of hydrogen-bond donors (Lipinski definition) is 2. The topological polar surface area (TPSA) is 61.8 Å². The van der Waals surface area contributed by atoms with Crippen molar-refractivity contribution in [1.29, 1.82) is 0 Å². The standard InChI is InChI=1S/C16H24N2O3/c1-13-5-3-4-6-14(13)9-16(12-19)11-18(7-8-21-16)15(20)10-17-2/h3-6,17,19H,7-12H2,1-2H3/t16-/m1/s1. The third-order valence-corrected chi connectivity index (χ3v) is 3.99. The number of amides is 1. The molecule has 1 aromatic carbocycles. The number of nitrogens with zero attached hydrogens (tertiary/aromatic N) is 1. The Labute approximate surface area is 125 Å². The van der Waals surface area contributed by atoms with Crippen molar-refractivity contribution in [1.82, 2.24) is 10.2 Å². The second-order valence-corrected chi connectivity index (χ2v) is 5.64. The predicted octanol–water partition coefficient (Wildman–Crippen LogP) is 0.347. The van der Waals surface area contributed by atoms with Gasteiger partial charge in [0.1, 0.15) is 5.60 Å². The molecule has 1 fully saturated rings. The van der Waals surface area contributed by atoms with Gasteiger partial charge in [-0.1, -0.05) is 24.3 Å². The number of carbonyl (C=O) groups excluding carboxylic acids is 1. The molecule has 1 aromatic rings. The zero-order valence-corrected chi connectivity index (χ0v) is 12.8. The summed E-state index contributed by atoms with van der Waals surface area (Å²) in [5.74, 6) is 0.0448. The van der Waals surface area contributed by atoms with Crippen molar-refractivity contribution in [3.63, 3.8) is 0 Å². The van der Waals surface area contributed by atoms with E-state index < -0.39 is 5.60 Å². The average Bonchev–Trinajstić information content (AvgIpc) is 2.50. The van der Waals surface area contributed by atoms with Crippen molar-refractivity contribution in [2.24, 2.45) is 0 Å². The molecule has 0 aliphatic carbocycles. The molecule has 0 bridgehead atoms. The maximum atomic E-state index is 12.0. The highest BCUT2D eigenvalue weighted by Gasteiger charge is 2.38. The van der Waals surface area contributed by atoms with E-state index in [0.717, 1.165) is 5.56 Å². The van der Waals surface area contributed by atoms with Gasteiger partial charge in [-0.2, -0.15) is 0 Å². The van der Waals surface area contributed by atoms with E-state index in [1.165, 1.54) is 5.56 Å². The molecular weight excluding hydrogens is 268 g/mol. The highest BCUT2D eigenvalue weighted by molar-refractivity contribution is 5.78. The van der Waals surface area contributed by atoms with Gasteiger partial charge in [-0.25, -0.2) is 0 Å². The largest absolute Gasteiger partial charge is 0.393 e. The third-order valence-electron chi connectivity index (χ3n) is 3.99. The summed E-state index contributed by atoms with van der Waals surface area (Å²) in [7, 11) is 1.75. The second kappa shape index (κ2) is 7.02. The number of aryl methyl sites for hydroxylation is 1. The molecule has 5 nitrogen and oxygen atoms in total. The van der Waals surface area contributed by atoms with E-state index in [1.807, 2.05) is 31.2 Å². The summed E-state index contributed by atoms with van der Waals surface area (Å²) in [6.45, 7) is 3.74. The lowest BCUT2D eigenvalue weighted by Crippen LogP contribution is -2.57. The van der Waals surface area contributed by atoms with E-state index in [-0.39, 0.29) is 12.5 Å². The number of aliphatic hydroxyl groups is 1. The Bertz CT molecular complexity index is 492. The van der Waals surface area contributed by atoms with Crippen LogP contribution in [0.1, 0.15) is 11.1 Å². The predicted molar refractivity (Wildman–Crippen MR) is 81.2 cm³/mol. The minimum absolute atomic E-state index is 0.0448. The lowest BCUT2D eigenvalue weighted by molar-refractivity contribution is -0.157. The van der Waals surface area contributed by atoms with Crippen LogP contribution in [-0.2, 0) is 16.0 Å². The molecule has 0 aromatic heterocycles. The van der Waals surface area contributed by atoms with Crippen molar-refractivity contribution in [3.8, 4) is 0 Å². The Morgan fingerprint density at radius 2 is 2.24 bits per heavy atom. The minimum Gasteiger partial charge on any atom is -0.393 e. The maximum absolute atomic E-state index is 12.0. The van der Waals surface area contributed by atoms with Gasteiger partial charge in [0.25, 0.3) is 0 Å². The van der Waals surface area contributed by atoms with Crippen LogP contribution in [0.2, 0.25) is 0 Å². The number of morpholine rings is 1. The van der Waals surface area contributed by atoms with E-state index in [4.69, 9.17) is 4.74 Å². The van der Waals surface area contributed by atoms with Gasteiger partial charge in [-0.15, -0.1) is 0 Å². The van der Waals surface area contributed by atoms with Crippen LogP contribution in [0, 0.1) is 6.92 Å². The van der Waals surface area contributed by atoms with Gasteiger partial charge in [0, 0.05) is 13.0 Å². The third kappa shape index (κ3) is 3.81. The molecule has 1 amide bonds. The van der Waals surface area contributed by atoms with E-state index >= 15 is 0 Å². The number of carbonyl (C=O) groups is 1. The number of likely N-dealkylation sites (N-methyl/N-ethyl adjacent to an activating group) is 1. The van der Waals surface area contributed by atoms with Gasteiger partial charge < -0.3 is 20.1 Å². The average molecular weight is 292 g/mol. The van der Waals surface area contributed by atoms with Crippen LogP contribution in [0.15, 0.2) is 24.3 Å². The first-order valence-electron chi connectivity index (χ1n) is 7.32. The number of rotatable bonds is 5. The first-order chi connectivity index (χ1) is 10.1. The minimum atomic E-state index is -0.701. The van der Waals surface area contributed by atoms with Gasteiger partial charge in [0.2, 0.25) is 5.91 Å². The lowest BCUT2D eigenvalue weighted by atomic mass is 9.91. The summed E-state index contributed by atoms with van der Waals surface area (Å²) in [6.07, 6.45) is 0.611. The van der Waals surface area contributed by atoms with Gasteiger partial charge >= 0.3 is 0 Å². The molecular formula is C16H24N2O3. The van der Waals surface area contributed by atoms with Crippen LogP contribution in [-0.4, -0.2) is 61.4 Å². The highest BCUT2D eigenvalue weighted by Crippen LogP contribution is 2.24. The van der Waals surface area contributed by atoms with E-state index in [0.29, 0.717) is 32.7 Å². The van der Waals surface area contributed by atoms with Gasteiger partial charge in [0.15, 0.2) is 0 Å². The van der Waals surface area contributed by atoms with Gasteiger partial charge in [-0.3, -0.25) is 4.79 Å². The molecule has 1 atom stereocenters. The second-order valence-electron chi connectivity index (χ2n) is 5.64. The molecule has 5 heteroatoms. The monoisotopic (exact) mass is 292 g/mol. The smallest absolute Gasteiger partial charge is 0.236 e. The Morgan fingerprint density at radius 3 is 2.90 bits per heavy atom. The molecule has 0 unspecified atom stereocenters. The summed E-state index contributed by atoms with van der Waals surface area (Å²) in [5, 5.41) is 12.7. The Hall–Kier alpha value is -1.43. The van der Waals surface area contributed by atoms with Crippen molar-refractivity contribution in [3.05, 3.63) is 35.4 Å². The van der Waals surface area contributed by atoms with Crippen LogP contribution in [0.3, 0.4) is 0 Å². The van der Waals surface area contributed by atoms with Gasteiger partial charge in [-0.05, 0) is 25.1 Å². The number of benzene rings is 1. The molecule has 116 valence electrons. The fourth-order valence-electron chi connectivity index (χ4n) is 2.73. The number of hydrogen-bond acceptors (Lipinski definition) is 4. The van der Waals surface area contributed by atoms with Crippen LogP contribution >= 0.6 is 0 Å². The Balaban J connectivity index is 2.13. The molecule has 0 radical (unpaired) electrons. The van der Waals surface area contributed by atoms with Crippen LogP contribution in [0.25, 0.3) is 0 Å². The molecule has 1 saturated heterocycles. The van der Waals surface area contributed by atoms with Crippen LogP contribution in [0.5, 0.6) is 0 Å². The van der Waals surface area contributed by atoms with Crippen LogP contribution < -0.4 is 5.32 Å². The first-order valence-corrected chi connectivity index (χ1v) is 7.32. The van der Waals surface area contributed by atoms with Crippen molar-refractivity contribution < 1.29 is 14.6 Å². The van der Waals surface area contributed by atoms with Gasteiger partial charge in [0.05, 0.1) is 26.3 Å². The molecule has 2 N–H and O–H groups in total. The molecule has 21 heavy (non-hydrogen) atoms. The van der Waals surface area contributed by atoms with Crippen molar-refractivity contribution >= 4 is 5.91 Å². The SMILES string of the molecule is CNCC(=O)N1CCO[C@](CO)(Cc2ccccc2C)C1. The summed E-state index contributed by atoms with van der Waals surface area (Å²) < 4.78 is 5.87. The summed E-state index contributed by atoms with van der Waals surface area (Å²) in [5.41, 5.74) is 1.62. The fraction of sp³-hybridized carbons (Fsp3) is 0.562. The summed E-state index contributed by atoms with van der Waals surface area (Å²) >= 11 is 0. The number of nitrogens with one attached hydrogen (secondary N) is 1. The van der Waals surface area contributed by atoms with E-state index in [9.17, 15) is 9.90 Å². The van der Waals surface area contributed by atoms with Crippen molar-refractivity contribution in [2.45, 2.75) is 18.9 Å². The summed E-state index contributed by atoms with van der Waals surface area (Å²) in [4.78, 5) is 13.8.